The van der Waals surface area contributed by atoms with Gasteiger partial charge in [0.25, 0.3) is 0 Å². The number of nitrogens with one attached hydrogen (secondary N) is 1. The average molecular weight is 186 g/mol. The molecule has 2 atom stereocenters. The predicted octanol–water partition coefficient (Wildman–Crippen LogP) is 0.252. The van der Waals surface area contributed by atoms with Crippen LogP contribution in [0.1, 0.15) is 13.8 Å². The quantitative estimate of drug-likeness (QED) is 0.642. The molecule has 1 aliphatic rings. The normalized spacial score (nSPS) is 29.2. The predicted molar refractivity (Wildman–Crippen MR) is 49.9 cm³/mol. The van der Waals surface area contributed by atoms with E-state index in [0.29, 0.717) is 12.5 Å². The molecule has 76 valence electrons. The van der Waals surface area contributed by atoms with E-state index in [2.05, 4.69) is 17.3 Å². The second kappa shape index (κ2) is 4.58. The SMILES string of the molecule is CCONC(=O)[C@@H]1CN(C)C[C@H]1C. The maximum atomic E-state index is 11.5. The number of carbonyl (C=O) groups is 1. The highest BCUT2D eigenvalue weighted by Crippen LogP contribution is 2.21. The summed E-state index contributed by atoms with van der Waals surface area (Å²) in [6.07, 6.45) is 0. The average Bonchev–Trinajstić information content (AvgIpc) is 2.41. The zero-order chi connectivity index (χ0) is 9.84. The Hall–Kier alpha value is -0.610. The third-order valence-corrected chi connectivity index (χ3v) is 2.45. The third kappa shape index (κ3) is 2.67. The number of hydrogen-bond donors (Lipinski definition) is 1. The van der Waals surface area contributed by atoms with E-state index in [9.17, 15) is 4.79 Å². The first-order chi connectivity index (χ1) is 6.15. The first kappa shape index (κ1) is 10.5. The Morgan fingerprint density at radius 2 is 2.31 bits per heavy atom. The van der Waals surface area contributed by atoms with Crippen LogP contribution in [0.25, 0.3) is 0 Å². The van der Waals surface area contributed by atoms with Gasteiger partial charge in [-0.05, 0) is 19.9 Å². The Kier molecular flexibility index (Phi) is 3.69. The van der Waals surface area contributed by atoms with Crippen molar-refractivity contribution in [3.05, 3.63) is 0 Å². The third-order valence-electron chi connectivity index (χ3n) is 2.45. The fourth-order valence-corrected chi connectivity index (χ4v) is 1.77. The van der Waals surface area contributed by atoms with Crippen molar-refractivity contribution in [2.45, 2.75) is 13.8 Å². The van der Waals surface area contributed by atoms with Gasteiger partial charge in [-0.3, -0.25) is 9.63 Å². The van der Waals surface area contributed by atoms with Crippen molar-refractivity contribution >= 4 is 5.91 Å². The van der Waals surface area contributed by atoms with E-state index in [0.717, 1.165) is 13.1 Å². The summed E-state index contributed by atoms with van der Waals surface area (Å²) in [4.78, 5) is 18.5. The molecule has 0 spiro atoms. The van der Waals surface area contributed by atoms with Crippen LogP contribution in [0.4, 0.5) is 0 Å². The lowest BCUT2D eigenvalue weighted by Gasteiger charge is -2.13. The minimum Gasteiger partial charge on any atom is -0.305 e. The van der Waals surface area contributed by atoms with Crippen molar-refractivity contribution in [2.24, 2.45) is 11.8 Å². The zero-order valence-corrected chi connectivity index (χ0v) is 8.54. The Bertz CT molecular complexity index is 184. The maximum absolute atomic E-state index is 11.5. The Balaban J connectivity index is 2.38. The van der Waals surface area contributed by atoms with Crippen LogP contribution < -0.4 is 5.48 Å². The molecule has 0 aromatic heterocycles. The van der Waals surface area contributed by atoms with Gasteiger partial charge in [0, 0.05) is 13.1 Å². The first-order valence-corrected chi connectivity index (χ1v) is 4.75. The van der Waals surface area contributed by atoms with Crippen molar-refractivity contribution in [1.29, 1.82) is 0 Å². The van der Waals surface area contributed by atoms with Crippen LogP contribution in [-0.2, 0) is 9.63 Å². The molecule has 4 heteroatoms. The highest BCUT2D eigenvalue weighted by molar-refractivity contribution is 5.78. The number of nitrogens with zero attached hydrogens (tertiary/aromatic N) is 1. The standard InChI is InChI=1S/C9H18N2O2/c1-4-13-10-9(12)8-6-11(3)5-7(8)2/h7-8H,4-6H2,1-3H3,(H,10,12)/t7-,8-/m1/s1. The summed E-state index contributed by atoms with van der Waals surface area (Å²) in [6, 6.07) is 0. The molecular weight excluding hydrogens is 168 g/mol. The summed E-state index contributed by atoms with van der Waals surface area (Å²) < 4.78 is 0. The molecule has 1 amide bonds. The molecule has 0 bridgehead atoms. The number of rotatable bonds is 3. The lowest BCUT2D eigenvalue weighted by atomic mass is 9.98. The summed E-state index contributed by atoms with van der Waals surface area (Å²) in [5, 5.41) is 0. The minimum atomic E-state index is 0.0127. The topological polar surface area (TPSA) is 41.6 Å². The first-order valence-electron chi connectivity index (χ1n) is 4.75. The smallest absolute Gasteiger partial charge is 0.248 e. The van der Waals surface area contributed by atoms with Gasteiger partial charge in [0.05, 0.1) is 12.5 Å². The van der Waals surface area contributed by atoms with Gasteiger partial charge in [-0.15, -0.1) is 0 Å². The Morgan fingerprint density at radius 1 is 1.62 bits per heavy atom. The van der Waals surface area contributed by atoms with E-state index < -0.39 is 0 Å². The zero-order valence-electron chi connectivity index (χ0n) is 8.54. The van der Waals surface area contributed by atoms with Gasteiger partial charge in [0.1, 0.15) is 0 Å². The molecule has 0 aromatic carbocycles. The number of likely N-dealkylation sites (tertiary alicyclic amines) is 1. The second-order valence-corrected chi connectivity index (χ2v) is 3.70. The van der Waals surface area contributed by atoms with Gasteiger partial charge in [0.2, 0.25) is 5.91 Å². The van der Waals surface area contributed by atoms with Gasteiger partial charge in [-0.25, -0.2) is 5.48 Å². The fourth-order valence-electron chi connectivity index (χ4n) is 1.77. The summed E-state index contributed by atoms with van der Waals surface area (Å²) in [5.74, 6) is 0.515. The van der Waals surface area contributed by atoms with Crippen molar-refractivity contribution in [1.82, 2.24) is 10.4 Å². The van der Waals surface area contributed by atoms with Crippen LogP contribution in [0.15, 0.2) is 0 Å². The minimum absolute atomic E-state index is 0.0127. The van der Waals surface area contributed by atoms with Crippen LogP contribution in [-0.4, -0.2) is 37.6 Å². The van der Waals surface area contributed by atoms with Crippen molar-refractivity contribution in [3.63, 3.8) is 0 Å². The summed E-state index contributed by atoms with van der Waals surface area (Å²) in [6.45, 7) is 6.29. The molecule has 0 radical (unpaired) electrons. The summed E-state index contributed by atoms with van der Waals surface area (Å²) in [5.41, 5.74) is 2.46. The van der Waals surface area contributed by atoms with E-state index >= 15 is 0 Å². The summed E-state index contributed by atoms with van der Waals surface area (Å²) >= 11 is 0. The molecule has 0 aliphatic carbocycles. The number of carbonyl (C=O) groups excluding carboxylic acids is 1. The van der Waals surface area contributed by atoms with E-state index in [1.165, 1.54) is 0 Å². The number of hydrogen-bond acceptors (Lipinski definition) is 3. The molecule has 1 saturated heterocycles. The maximum Gasteiger partial charge on any atom is 0.248 e. The Morgan fingerprint density at radius 3 is 2.77 bits per heavy atom. The Labute approximate surface area is 79.2 Å². The fraction of sp³-hybridized carbons (Fsp3) is 0.889. The number of hydroxylamine groups is 1. The summed E-state index contributed by atoms with van der Waals surface area (Å²) in [7, 11) is 2.03. The van der Waals surface area contributed by atoms with Crippen molar-refractivity contribution in [3.8, 4) is 0 Å². The van der Waals surface area contributed by atoms with Crippen molar-refractivity contribution in [2.75, 3.05) is 26.7 Å². The lowest BCUT2D eigenvalue weighted by molar-refractivity contribution is -0.138. The molecule has 4 nitrogen and oxygen atoms in total. The van der Waals surface area contributed by atoms with E-state index in [1.54, 1.807) is 0 Å². The molecule has 1 fully saturated rings. The highest BCUT2D eigenvalue weighted by Gasteiger charge is 2.32. The van der Waals surface area contributed by atoms with Gasteiger partial charge >= 0.3 is 0 Å². The molecular formula is C9H18N2O2. The number of amides is 1. The van der Waals surface area contributed by atoms with Gasteiger partial charge < -0.3 is 4.90 Å². The molecule has 1 aliphatic heterocycles. The molecule has 0 unspecified atom stereocenters. The van der Waals surface area contributed by atoms with Gasteiger partial charge in [-0.2, -0.15) is 0 Å². The van der Waals surface area contributed by atoms with Crippen LogP contribution in [0.5, 0.6) is 0 Å². The molecule has 1 rings (SSSR count). The molecule has 0 aromatic rings. The lowest BCUT2D eigenvalue weighted by Crippen LogP contribution is -2.34. The molecule has 13 heavy (non-hydrogen) atoms. The van der Waals surface area contributed by atoms with Crippen LogP contribution in [0, 0.1) is 11.8 Å². The van der Waals surface area contributed by atoms with E-state index in [-0.39, 0.29) is 11.8 Å². The van der Waals surface area contributed by atoms with E-state index in [4.69, 9.17) is 4.84 Å². The van der Waals surface area contributed by atoms with Crippen molar-refractivity contribution < 1.29 is 9.63 Å². The van der Waals surface area contributed by atoms with Crippen LogP contribution >= 0.6 is 0 Å². The largest absolute Gasteiger partial charge is 0.305 e. The van der Waals surface area contributed by atoms with Gasteiger partial charge in [-0.1, -0.05) is 6.92 Å². The van der Waals surface area contributed by atoms with E-state index in [1.807, 2.05) is 14.0 Å². The molecule has 1 N–H and O–H groups in total. The molecule has 1 heterocycles. The van der Waals surface area contributed by atoms with Gasteiger partial charge in [0.15, 0.2) is 0 Å². The monoisotopic (exact) mass is 186 g/mol. The van der Waals surface area contributed by atoms with Crippen LogP contribution in [0.2, 0.25) is 0 Å². The molecule has 0 saturated carbocycles. The van der Waals surface area contributed by atoms with Crippen LogP contribution in [0.3, 0.4) is 0 Å². The highest BCUT2D eigenvalue weighted by atomic mass is 16.6. The second-order valence-electron chi connectivity index (χ2n) is 3.70.